The molecule has 2 heterocycles. The molecule has 2 aromatic heterocycles. The zero-order valence-electron chi connectivity index (χ0n) is 12.4. The van der Waals surface area contributed by atoms with Gasteiger partial charge in [0.25, 0.3) is 0 Å². The minimum atomic E-state index is -0.495. The third-order valence-corrected chi connectivity index (χ3v) is 3.96. The van der Waals surface area contributed by atoms with Crippen LogP contribution in [0, 0.1) is 3.70 Å². The fourth-order valence-corrected chi connectivity index (χ4v) is 3.43. The van der Waals surface area contributed by atoms with Crippen molar-refractivity contribution in [2.24, 2.45) is 0 Å². The molecule has 2 rings (SSSR count). The molecule has 0 N–H and O–H groups in total. The van der Waals surface area contributed by atoms with Gasteiger partial charge in [0, 0.05) is 17.1 Å². The number of carbonyl (C=O) groups excluding carboxylic acids is 1. The van der Waals surface area contributed by atoms with Crippen LogP contribution < -0.4 is 0 Å². The summed E-state index contributed by atoms with van der Waals surface area (Å²) < 4.78 is 9.20. The fraction of sp³-hybridized carbons (Fsp3) is 0.429. The largest absolute Gasteiger partial charge is 0.444 e. The van der Waals surface area contributed by atoms with E-state index in [-0.39, 0.29) is 6.09 Å². The van der Waals surface area contributed by atoms with Gasteiger partial charge in [-0.15, -0.1) is 0 Å². The Labute approximate surface area is 145 Å². The van der Waals surface area contributed by atoms with Crippen LogP contribution in [-0.2, 0) is 11.3 Å². The standard InChI is InChI=1S/C14H17BrIN3O2/c1-14(2,3)21-13(20)18(4)8-9-7-17-19-11(9)5-10(15)6-12(19)16/h5-7H,8H2,1-4H3. The Morgan fingerprint density at radius 2 is 2.14 bits per heavy atom. The van der Waals surface area contributed by atoms with Crippen LogP contribution in [0.2, 0.25) is 0 Å². The average molecular weight is 466 g/mol. The van der Waals surface area contributed by atoms with E-state index in [0.717, 1.165) is 19.3 Å². The molecule has 21 heavy (non-hydrogen) atoms. The first-order chi connectivity index (χ1) is 9.67. The summed E-state index contributed by atoms with van der Waals surface area (Å²) in [4.78, 5) is 13.6. The predicted octanol–water partition coefficient (Wildman–Crippen LogP) is 4.07. The van der Waals surface area contributed by atoms with Gasteiger partial charge in [-0.3, -0.25) is 0 Å². The number of hydrogen-bond donors (Lipinski definition) is 0. The fourth-order valence-electron chi connectivity index (χ4n) is 1.84. The summed E-state index contributed by atoms with van der Waals surface area (Å²) in [6, 6.07) is 3.98. The van der Waals surface area contributed by atoms with Crippen LogP contribution >= 0.6 is 38.5 Å². The van der Waals surface area contributed by atoms with Crippen LogP contribution in [-0.4, -0.2) is 33.3 Å². The van der Waals surface area contributed by atoms with E-state index < -0.39 is 5.60 Å². The molecule has 0 aliphatic heterocycles. The van der Waals surface area contributed by atoms with Crippen molar-refractivity contribution >= 4 is 50.1 Å². The van der Waals surface area contributed by atoms with Crippen molar-refractivity contribution < 1.29 is 9.53 Å². The van der Waals surface area contributed by atoms with Crippen molar-refractivity contribution in [3.63, 3.8) is 0 Å². The van der Waals surface area contributed by atoms with Gasteiger partial charge in [0.15, 0.2) is 0 Å². The third-order valence-electron chi connectivity index (χ3n) is 2.73. The lowest BCUT2D eigenvalue weighted by Gasteiger charge is -2.24. The van der Waals surface area contributed by atoms with Crippen LogP contribution in [0.15, 0.2) is 22.8 Å². The van der Waals surface area contributed by atoms with Gasteiger partial charge < -0.3 is 9.64 Å². The van der Waals surface area contributed by atoms with E-state index >= 15 is 0 Å². The van der Waals surface area contributed by atoms with Gasteiger partial charge in [0.05, 0.1) is 18.3 Å². The zero-order chi connectivity index (χ0) is 15.8. The Morgan fingerprint density at radius 1 is 1.48 bits per heavy atom. The highest BCUT2D eigenvalue weighted by atomic mass is 127. The number of hydrogen-bond acceptors (Lipinski definition) is 3. The monoisotopic (exact) mass is 465 g/mol. The van der Waals surface area contributed by atoms with E-state index in [9.17, 15) is 4.79 Å². The van der Waals surface area contributed by atoms with Crippen LogP contribution in [0.4, 0.5) is 4.79 Å². The van der Waals surface area contributed by atoms with E-state index in [1.165, 1.54) is 0 Å². The maximum absolute atomic E-state index is 12.0. The van der Waals surface area contributed by atoms with Crippen LogP contribution in [0.1, 0.15) is 26.3 Å². The van der Waals surface area contributed by atoms with Crippen molar-refractivity contribution in [2.75, 3.05) is 7.05 Å². The van der Waals surface area contributed by atoms with Gasteiger partial charge >= 0.3 is 6.09 Å². The Morgan fingerprint density at radius 3 is 2.76 bits per heavy atom. The predicted molar refractivity (Wildman–Crippen MR) is 93.3 cm³/mol. The molecule has 0 aliphatic carbocycles. The summed E-state index contributed by atoms with van der Waals surface area (Å²) in [5.41, 5.74) is 1.46. The second-order valence-electron chi connectivity index (χ2n) is 5.80. The molecule has 0 bridgehead atoms. The molecule has 0 aromatic carbocycles. The third kappa shape index (κ3) is 4.09. The maximum atomic E-state index is 12.0. The molecule has 0 saturated heterocycles. The maximum Gasteiger partial charge on any atom is 0.410 e. The van der Waals surface area contributed by atoms with Crippen molar-refractivity contribution in [1.82, 2.24) is 14.5 Å². The minimum Gasteiger partial charge on any atom is -0.444 e. The number of rotatable bonds is 2. The van der Waals surface area contributed by atoms with Crippen LogP contribution in [0.3, 0.4) is 0 Å². The van der Waals surface area contributed by atoms with Crippen molar-refractivity contribution in [1.29, 1.82) is 0 Å². The molecule has 0 aliphatic rings. The Balaban J connectivity index is 2.22. The molecule has 0 saturated carbocycles. The van der Waals surface area contributed by atoms with E-state index in [2.05, 4.69) is 43.6 Å². The molecule has 0 unspecified atom stereocenters. The highest BCUT2D eigenvalue weighted by Crippen LogP contribution is 2.22. The second-order valence-corrected chi connectivity index (χ2v) is 7.82. The second kappa shape index (κ2) is 6.12. The number of aromatic nitrogens is 2. The summed E-state index contributed by atoms with van der Waals surface area (Å²) in [5, 5.41) is 4.36. The highest BCUT2D eigenvalue weighted by molar-refractivity contribution is 14.1. The zero-order valence-corrected chi connectivity index (χ0v) is 16.1. The molecule has 0 radical (unpaired) electrons. The number of halogens is 2. The lowest BCUT2D eigenvalue weighted by molar-refractivity contribution is 0.0286. The summed E-state index contributed by atoms with van der Waals surface area (Å²) in [6.07, 6.45) is 1.44. The molecule has 0 fully saturated rings. The Hall–Kier alpha value is -0.830. The SMILES string of the molecule is CN(Cc1cnn2c(I)cc(Br)cc12)C(=O)OC(C)(C)C. The number of ether oxygens (including phenoxy) is 1. The molecule has 114 valence electrons. The summed E-state index contributed by atoms with van der Waals surface area (Å²) in [7, 11) is 1.72. The lowest BCUT2D eigenvalue weighted by Crippen LogP contribution is -2.33. The molecular formula is C14H17BrIN3O2. The van der Waals surface area contributed by atoms with E-state index in [1.807, 2.05) is 37.4 Å². The molecule has 5 nitrogen and oxygen atoms in total. The van der Waals surface area contributed by atoms with Crippen molar-refractivity contribution in [2.45, 2.75) is 32.9 Å². The van der Waals surface area contributed by atoms with Crippen molar-refractivity contribution in [3.05, 3.63) is 32.1 Å². The highest BCUT2D eigenvalue weighted by Gasteiger charge is 2.20. The Bertz CT molecular complexity index is 679. The number of amides is 1. The smallest absolute Gasteiger partial charge is 0.410 e. The van der Waals surface area contributed by atoms with E-state index in [4.69, 9.17) is 4.74 Å². The van der Waals surface area contributed by atoms with Crippen molar-refractivity contribution in [3.8, 4) is 0 Å². The van der Waals surface area contributed by atoms with Gasteiger partial charge in [-0.25, -0.2) is 9.31 Å². The first kappa shape index (κ1) is 16.5. The normalized spacial score (nSPS) is 11.7. The van der Waals surface area contributed by atoms with E-state index in [1.54, 1.807) is 18.1 Å². The quantitative estimate of drug-likeness (QED) is 0.496. The molecule has 0 atom stereocenters. The van der Waals surface area contributed by atoms with Gasteiger partial charge in [0.1, 0.15) is 9.30 Å². The topological polar surface area (TPSA) is 46.8 Å². The van der Waals surface area contributed by atoms with Gasteiger partial charge in [-0.2, -0.15) is 5.10 Å². The summed E-state index contributed by atoms with van der Waals surface area (Å²) in [6.45, 7) is 6.01. The van der Waals surface area contributed by atoms with Gasteiger partial charge in [-0.1, -0.05) is 15.9 Å². The number of fused-ring (bicyclic) bond motifs is 1. The molecule has 7 heteroatoms. The first-order valence-electron chi connectivity index (χ1n) is 6.43. The molecule has 0 spiro atoms. The number of carbonyl (C=O) groups is 1. The van der Waals surface area contributed by atoms with Crippen LogP contribution in [0.25, 0.3) is 5.52 Å². The molecule has 1 amide bonds. The molecule has 2 aromatic rings. The average Bonchev–Trinajstić information content (AvgIpc) is 2.70. The van der Waals surface area contributed by atoms with Gasteiger partial charge in [0.2, 0.25) is 0 Å². The van der Waals surface area contributed by atoms with Crippen LogP contribution in [0.5, 0.6) is 0 Å². The van der Waals surface area contributed by atoms with Gasteiger partial charge in [-0.05, 0) is 55.5 Å². The Kier molecular flexibility index (Phi) is 4.82. The minimum absolute atomic E-state index is 0.341. The lowest BCUT2D eigenvalue weighted by atomic mass is 10.2. The molecular weight excluding hydrogens is 449 g/mol. The first-order valence-corrected chi connectivity index (χ1v) is 8.30. The summed E-state index contributed by atoms with van der Waals surface area (Å²) in [5.74, 6) is 0. The number of pyridine rings is 1. The number of nitrogens with zero attached hydrogens (tertiary/aromatic N) is 3. The summed E-state index contributed by atoms with van der Waals surface area (Å²) >= 11 is 5.71. The van der Waals surface area contributed by atoms with E-state index in [0.29, 0.717) is 6.54 Å².